The van der Waals surface area contributed by atoms with E-state index >= 15 is 0 Å². The number of benzene rings is 1. The van der Waals surface area contributed by atoms with Gasteiger partial charge < -0.3 is 15.4 Å². The predicted octanol–water partition coefficient (Wildman–Crippen LogP) is 5.17. The third-order valence-electron chi connectivity index (χ3n) is 5.54. The van der Waals surface area contributed by atoms with Crippen molar-refractivity contribution in [1.82, 2.24) is 14.7 Å². The summed E-state index contributed by atoms with van der Waals surface area (Å²) in [6.45, 7) is 0. The first kappa shape index (κ1) is 22.3. The van der Waals surface area contributed by atoms with Gasteiger partial charge in [0, 0.05) is 34.9 Å². The van der Waals surface area contributed by atoms with Gasteiger partial charge in [0.15, 0.2) is 5.69 Å². The molecule has 0 radical (unpaired) electrons. The van der Waals surface area contributed by atoms with E-state index in [0.717, 1.165) is 25.5 Å². The maximum atomic E-state index is 13.1. The van der Waals surface area contributed by atoms with E-state index in [9.17, 15) is 18.0 Å². The summed E-state index contributed by atoms with van der Waals surface area (Å²) in [5, 5.41) is 6.63. The Morgan fingerprint density at radius 1 is 1.19 bits per heavy atom. The monoisotopic (exact) mass is 466 g/mol. The van der Waals surface area contributed by atoms with E-state index in [0.29, 0.717) is 28.6 Å². The number of carbonyl (C=O) groups is 1. The van der Waals surface area contributed by atoms with Gasteiger partial charge in [-0.15, -0.1) is 0 Å². The molecule has 1 amide bonds. The van der Waals surface area contributed by atoms with Crippen LogP contribution in [-0.4, -0.2) is 34.5 Å². The smallest absolute Gasteiger partial charge is 0.434 e. The summed E-state index contributed by atoms with van der Waals surface area (Å²) < 4.78 is 45.8. The summed E-state index contributed by atoms with van der Waals surface area (Å²) in [6, 6.07) is 9.73. The van der Waals surface area contributed by atoms with E-state index in [1.807, 2.05) is 0 Å². The Morgan fingerprint density at radius 3 is 2.59 bits per heavy atom. The van der Waals surface area contributed by atoms with Gasteiger partial charge >= 0.3 is 6.18 Å². The third kappa shape index (κ3) is 4.93. The van der Waals surface area contributed by atoms with E-state index in [4.69, 9.17) is 16.3 Å². The number of amides is 1. The number of nitrogens with one attached hydrogen (secondary N) is 2. The highest BCUT2D eigenvalue weighted by Crippen LogP contribution is 2.31. The number of pyridine rings is 1. The fraction of sp³-hybridized carbons (Fsp3) is 0.364. The normalized spacial score (nSPS) is 19.0. The molecule has 0 unspecified atom stereocenters. The second-order valence-corrected chi connectivity index (χ2v) is 8.25. The van der Waals surface area contributed by atoms with Crippen molar-refractivity contribution in [2.24, 2.45) is 0 Å². The second kappa shape index (κ2) is 8.90. The number of fused-ring (bicyclic) bond motifs is 1. The maximum absolute atomic E-state index is 13.1. The molecule has 0 bridgehead atoms. The predicted molar refractivity (Wildman–Crippen MR) is 115 cm³/mol. The van der Waals surface area contributed by atoms with Crippen molar-refractivity contribution in [1.29, 1.82) is 0 Å². The van der Waals surface area contributed by atoms with Crippen LogP contribution < -0.4 is 15.4 Å². The molecule has 1 saturated carbocycles. The number of nitrogens with zero attached hydrogens (tertiary/aromatic N) is 2. The summed E-state index contributed by atoms with van der Waals surface area (Å²) in [5.74, 6) is 0.931. The van der Waals surface area contributed by atoms with Gasteiger partial charge in [0.25, 0.3) is 5.91 Å². The summed E-state index contributed by atoms with van der Waals surface area (Å²) in [5.41, 5.74) is -0.320. The van der Waals surface area contributed by atoms with Crippen molar-refractivity contribution in [3.8, 4) is 5.75 Å². The number of hydrogen-bond acceptors (Lipinski definition) is 4. The van der Waals surface area contributed by atoms with E-state index in [-0.39, 0.29) is 23.6 Å². The number of anilines is 1. The van der Waals surface area contributed by atoms with Gasteiger partial charge in [0.05, 0.1) is 7.11 Å². The molecule has 6 nitrogen and oxygen atoms in total. The average Bonchev–Trinajstić information content (AvgIpc) is 3.19. The number of imidazole rings is 1. The molecule has 32 heavy (non-hydrogen) atoms. The molecule has 3 aromatic rings. The van der Waals surface area contributed by atoms with Crippen molar-refractivity contribution < 1.29 is 22.7 Å². The third-order valence-corrected chi connectivity index (χ3v) is 5.76. The Kier molecular flexibility index (Phi) is 6.19. The molecule has 2 heterocycles. The molecule has 0 saturated heterocycles. The zero-order valence-electron chi connectivity index (χ0n) is 17.2. The van der Waals surface area contributed by atoms with Crippen molar-refractivity contribution in [3.63, 3.8) is 0 Å². The molecule has 1 aliphatic rings. The second-order valence-electron chi connectivity index (χ2n) is 7.82. The number of ether oxygens (including phenoxy) is 1. The van der Waals surface area contributed by atoms with E-state index in [1.165, 1.54) is 10.5 Å². The average molecular weight is 467 g/mol. The minimum absolute atomic E-state index is 0.0386. The van der Waals surface area contributed by atoms with Crippen LogP contribution in [0.1, 0.15) is 41.7 Å². The lowest BCUT2D eigenvalue weighted by atomic mass is 9.90. The quantitative estimate of drug-likeness (QED) is 0.544. The minimum atomic E-state index is -4.54. The number of halogens is 4. The van der Waals surface area contributed by atoms with Gasteiger partial charge in [-0.2, -0.15) is 13.2 Å². The summed E-state index contributed by atoms with van der Waals surface area (Å²) in [6.07, 6.45) is -0.432. The van der Waals surface area contributed by atoms with Crippen molar-refractivity contribution in [2.75, 3.05) is 12.4 Å². The number of carbonyl (C=O) groups excluding carboxylic acids is 1. The summed E-state index contributed by atoms with van der Waals surface area (Å²) in [7, 11) is 1.56. The van der Waals surface area contributed by atoms with Crippen LogP contribution in [0.15, 0.2) is 42.6 Å². The van der Waals surface area contributed by atoms with Crippen molar-refractivity contribution >= 4 is 29.0 Å². The molecule has 170 valence electrons. The van der Waals surface area contributed by atoms with Gasteiger partial charge in [0.1, 0.15) is 17.2 Å². The lowest BCUT2D eigenvalue weighted by Crippen LogP contribution is -2.42. The van der Waals surface area contributed by atoms with Gasteiger partial charge in [-0.25, -0.2) is 4.98 Å². The van der Waals surface area contributed by atoms with Gasteiger partial charge in [-0.3, -0.25) is 9.20 Å². The van der Waals surface area contributed by atoms with Crippen LogP contribution in [0, 0.1) is 0 Å². The van der Waals surface area contributed by atoms with E-state index in [1.54, 1.807) is 37.4 Å². The van der Waals surface area contributed by atoms with Crippen LogP contribution in [-0.2, 0) is 6.18 Å². The lowest BCUT2D eigenvalue weighted by molar-refractivity contribution is -0.140. The van der Waals surface area contributed by atoms with Crippen LogP contribution in [0.25, 0.3) is 5.65 Å². The Morgan fingerprint density at radius 2 is 1.91 bits per heavy atom. The SMILES string of the molecule is COc1ccc(C(=O)N[C@@H]2CCC[C@H](Nc3cc(Cl)cc4nc(C(F)(F)F)cn34)C2)cc1. The van der Waals surface area contributed by atoms with E-state index in [2.05, 4.69) is 15.6 Å². The van der Waals surface area contributed by atoms with Crippen LogP contribution in [0.3, 0.4) is 0 Å². The first-order valence-corrected chi connectivity index (χ1v) is 10.6. The molecule has 2 atom stereocenters. The molecule has 2 aromatic heterocycles. The summed E-state index contributed by atoms with van der Waals surface area (Å²) in [4.78, 5) is 16.2. The lowest BCUT2D eigenvalue weighted by Gasteiger charge is -2.31. The molecule has 1 aliphatic carbocycles. The molecule has 0 spiro atoms. The molecular formula is C22H22ClF3N4O2. The molecule has 1 aromatic carbocycles. The standard InChI is InChI=1S/C22H22ClF3N4O2/c1-32-17-7-5-13(6-8-17)21(31)28-16-4-2-3-15(11-16)27-19-9-14(23)10-20-29-18(12-30(19)20)22(24,25)26/h5-10,12,15-16,27H,2-4,11H2,1H3,(H,28,31)/t15-,16+/m0/s1. The van der Waals surface area contributed by atoms with Gasteiger partial charge in [-0.05, 0) is 56.0 Å². The maximum Gasteiger partial charge on any atom is 0.434 e. The van der Waals surface area contributed by atoms with Gasteiger partial charge in [-0.1, -0.05) is 11.6 Å². The zero-order valence-corrected chi connectivity index (χ0v) is 18.0. The van der Waals surface area contributed by atoms with Crippen molar-refractivity contribution in [3.05, 3.63) is 58.9 Å². The highest BCUT2D eigenvalue weighted by atomic mass is 35.5. The first-order valence-electron chi connectivity index (χ1n) is 10.2. The highest BCUT2D eigenvalue weighted by Gasteiger charge is 2.34. The minimum Gasteiger partial charge on any atom is -0.497 e. The fourth-order valence-electron chi connectivity index (χ4n) is 3.97. The largest absolute Gasteiger partial charge is 0.497 e. The van der Waals surface area contributed by atoms with Crippen LogP contribution in [0.4, 0.5) is 19.0 Å². The molecule has 1 fully saturated rings. The fourth-order valence-corrected chi connectivity index (χ4v) is 4.18. The number of methoxy groups -OCH3 is 1. The van der Waals surface area contributed by atoms with Crippen LogP contribution in [0.2, 0.25) is 5.02 Å². The Hall–Kier alpha value is -2.94. The zero-order chi connectivity index (χ0) is 22.9. The molecular weight excluding hydrogens is 445 g/mol. The van der Waals surface area contributed by atoms with Crippen LogP contribution in [0.5, 0.6) is 5.75 Å². The Balaban J connectivity index is 1.46. The molecule has 0 aliphatic heterocycles. The topological polar surface area (TPSA) is 67.7 Å². The highest BCUT2D eigenvalue weighted by molar-refractivity contribution is 6.31. The first-order chi connectivity index (χ1) is 15.2. The number of hydrogen-bond donors (Lipinski definition) is 2. The van der Waals surface area contributed by atoms with Crippen molar-refractivity contribution in [2.45, 2.75) is 43.9 Å². The Labute approximate surface area is 187 Å². The number of alkyl halides is 3. The van der Waals surface area contributed by atoms with Gasteiger partial charge in [0.2, 0.25) is 0 Å². The molecule has 10 heteroatoms. The molecule has 4 rings (SSSR count). The number of rotatable bonds is 5. The van der Waals surface area contributed by atoms with E-state index < -0.39 is 11.9 Å². The number of aromatic nitrogens is 2. The van der Waals surface area contributed by atoms with Crippen LogP contribution >= 0.6 is 11.6 Å². The summed E-state index contributed by atoms with van der Waals surface area (Å²) >= 11 is 6.11. The Bertz CT molecular complexity index is 1110. The molecule has 2 N–H and O–H groups in total.